The van der Waals surface area contributed by atoms with Gasteiger partial charge in [-0.05, 0) is 6.07 Å². The van der Waals surface area contributed by atoms with Crippen molar-refractivity contribution in [1.82, 2.24) is 9.30 Å². The molecule has 0 spiro atoms. The van der Waals surface area contributed by atoms with Crippen molar-refractivity contribution < 1.29 is 0 Å². The van der Waals surface area contributed by atoms with Gasteiger partial charge in [-0.25, -0.2) is 0 Å². The molecule has 0 saturated heterocycles. The molecule has 0 aliphatic heterocycles. The Labute approximate surface area is 40.5 Å². The van der Waals surface area contributed by atoms with Crippen LogP contribution in [-0.2, 0) is 0 Å². The maximum atomic E-state index is 5.21. The minimum Gasteiger partial charge on any atom is -0.171 e. The minimum absolute atomic E-state index is 1.10. The van der Waals surface area contributed by atoms with E-state index in [2.05, 4.69) is 11.3 Å². The molecular weight excluding hydrogens is 99.5 g/mol. The molecule has 1 heterocycles. The Bertz CT molecular complexity index is 112. The Balaban J connectivity index is 3.05. The highest BCUT2D eigenvalue weighted by atomic mass is 35.5. The van der Waals surface area contributed by atoms with Crippen molar-refractivity contribution in [3.05, 3.63) is 18.5 Å². The van der Waals surface area contributed by atoms with E-state index in [4.69, 9.17) is 11.8 Å². The van der Waals surface area contributed by atoms with E-state index in [1.165, 1.54) is 0 Å². The van der Waals surface area contributed by atoms with Crippen molar-refractivity contribution in [2.75, 3.05) is 0 Å². The van der Waals surface area contributed by atoms with E-state index in [0.29, 0.717) is 0 Å². The minimum atomic E-state index is 1.10. The van der Waals surface area contributed by atoms with Gasteiger partial charge in [0, 0.05) is 11.8 Å². The first-order chi connectivity index (χ1) is 2.89. The highest BCUT2D eigenvalue weighted by Gasteiger charge is 1.74. The lowest BCUT2D eigenvalue weighted by atomic mass is 10.8. The largest absolute Gasteiger partial charge is 0.171 e. The third-order valence-electron chi connectivity index (χ3n) is 0.424. The van der Waals surface area contributed by atoms with Crippen LogP contribution in [0.2, 0.25) is 0 Å². The molecule has 1 aromatic rings. The number of nitrogens with zero attached hydrogens (tertiary/aromatic N) is 2. The zero-order valence-corrected chi connectivity index (χ0v) is 3.68. The van der Waals surface area contributed by atoms with E-state index in [1.54, 1.807) is 12.3 Å². The second-order valence-corrected chi connectivity index (χ2v) is 1.14. The predicted octanol–water partition coefficient (Wildman–Crippen LogP) is 0.685. The zero-order chi connectivity index (χ0) is 4.41. The number of halogens is 1. The first kappa shape index (κ1) is 3.68. The van der Waals surface area contributed by atoms with Crippen molar-refractivity contribution >= 4 is 11.8 Å². The third kappa shape index (κ3) is 0.518. The van der Waals surface area contributed by atoms with Gasteiger partial charge in [0.1, 0.15) is 6.20 Å². The lowest BCUT2D eigenvalue weighted by Crippen LogP contribution is -1.74. The number of rotatable bonds is 0. The molecule has 0 fully saturated rings. The molecule has 1 rings (SSSR count). The molecule has 1 radical (unpaired) electrons. The fourth-order valence-electron chi connectivity index (χ4n) is 0.220. The van der Waals surface area contributed by atoms with Crippen LogP contribution in [0.3, 0.4) is 0 Å². The fourth-order valence-corrected chi connectivity index (χ4v) is 0.327. The van der Waals surface area contributed by atoms with E-state index in [1.807, 2.05) is 0 Å². The number of aromatic nitrogens is 2. The van der Waals surface area contributed by atoms with E-state index >= 15 is 0 Å². The molecule has 0 amide bonds. The molecule has 3 heteroatoms. The van der Waals surface area contributed by atoms with E-state index in [-0.39, 0.29) is 0 Å². The summed E-state index contributed by atoms with van der Waals surface area (Å²) >= 11 is 5.21. The molecule has 0 N–H and O–H groups in total. The van der Waals surface area contributed by atoms with Crippen LogP contribution >= 0.6 is 11.8 Å². The summed E-state index contributed by atoms with van der Waals surface area (Å²) in [6, 6.07) is 1.63. The van der Waals surface area contributed by atoms with Crippen LogP contribution in [0.1, 0.15) is 0 Å². The van der Waals surface area contributed by atoms with Crippen molar-refractivity contribution in [2.45, 2.75) is 0 Å². The summed E-state index contributed by atoms with van der Waals surface area (Å²) in [5, 5.41) is 3.54. The Morgan fingerprint density at radius 2 is 2.67 bits per heavy atom. The molecule has 2 nitrogen and oxygen atoms in total. The van der Waals surface area contributed by atoms with Crippen LogP contribution in [0.15, 0.2) is 12.3 Å². The molecule has 31 valence electrons. The highest BCUT2D eigenvalue weighted by molar-refractivity contribution is 6.14. The van der Waals surface area contributed by atoms with E-state index in [9.17, 15) is 0 Å². The molecule has 1 aromatic heterocycles. The molecule has 0 aliphatic carbocycles. The van der Waals surface area contributed by atoms with Gasteiger partial charge in [0.25, 0.3) is 0 Å². The summed E-state index contributed by atoms with van der Waals surface area (Å²) in [5.74, 6) is 0. The summed E-state index contributed by atoms with van der Waals surface area (Å²) in [4.78, 5) is 0. The molecule has 0 saturated carbocycles. The van der Waals surface area contributed by atoms with Gasteiger partial charge >= 0.3 is 0 Å². The lowest BCUT2D eigenvalue weighted by Gasteiger charge is -1.70. The van der Waals surface area contributed by atoms with Crippen LogP contribution in [0.25, 0.3) is 0 Å². The fraction of sp³-hybridized carbons (Fsp3) is 0. The Hall–Kier alpha value is -0.500. The molecule has 0 atom stereocenters. The molecule has 6 heavy (non-hydrogen) atoms. The molecule has 0 aliphatic rings. The third-order valence-corrected chi connectivity index (χ3v) is 0.609. The monoisotopic (exact) mass is 101 g/mol. The molecule has 0 bridgehead atoms. The second-order valence-electron chi connectivity index (χ2n) is 0.820. The second kappa shape index (κ2) is 1.30. The first-order valence-electron chi connectivity index (χ1n) is 1.47. The lowest BCUT2D eigenvalue weighted by molar-refractivity contribution is 0.987. The standard InChI is InChI=1S/C3H2ClN2/c4-6-3-1-2-5-6/h1-2H. The van der Waals surface area contributed by atoms with Gasteiger partial charge in [-0.1, -0.05) is 0 Å². The quantitative estimate of drug-likeness (QED) is 0.470. The molecule has 0 unspecified atom stereocenters. The van der Waals surface area contributed by atoms with Gasteiger partial charge in [0.05, 0.1) is 6.20 Å². The van der Waals surface area contributed by atoms with Gasteiger partial charge in [0.15, 0.2) is 0 Å². The summed E-state index contributed by atoms with van der Waals surface area (Å²) in [7, 11) is 0. The van der Waals surface area contributed by atoms with Crippen molar-refractivity contribution in [1.29, 1.82) is 0 Å². The van der Waals surface area contributed by atoms with Crippen molar-refractivity contribution in [3.8, 4) is 0 Å². The summed E-state index contributed by atoms with van der Waals surface area (Å²) in [5.41, 5.74) is 0. The Morgan fingerprint density at radius 1 is 1.83 bits per heavy atom. The highest BCUT2D eigenvalue weighted by Crippen LogP contribution is 1.80. The van der Waals surface area contributed by atoms with Gasteiger partial charge < -0.3 is 0 Å². The summed E-state index contributed by atoms with van der Waals surface area (Å²) in [6.07, 6.45) is 4.13. The van der Waals surface area contributed by atoms with Crippen molar-refractivity contribution in [2.24, 2.45) is 0 Å². The van der Waals surface area contributed by atoms with Gasteiger partial charge in [-0.15, -0.1) is 0 Å². The smallest absolute Gasteiger partial charge is 0.107 e. The topological polar surface area (TPSA) is 17.8 Å². The zero-order valence-electron chi connectivity index (χ0n) is 2.93. The average molecular weight is 102 g/mol. The van der Waals surface area contributed by atoms with Gasteiger partial charge in [-0.3, -0.25) is 0 Å². The van der Waals surface area contributed by atoms with E-state index in [0.717, 1.165) is 4.20 Å². The van der Waals surface area contributed by atoms with Crippen molar-refractivity contribution in [3.63, 3.8) is 0 Å². The number of hydrogen-bond donors (Lipinski definition) is 0. The number of hydrogen-bond acceptors (Lipinski definition) is 1. The van der Waals surface area contributed by atoms with Crippen LogP contribution in [0.5, 0.6) is 0 Å². The summed E-state index contributed by atoms with van der Waals surface area (Å²) < 4.78 is 1.10. The maximum absolute atomic E-state index is 5.21. The predicted molar refractivity (Wildman–Crippen MR) is 22.3 cm³/mol. The SMILES string of the molecule is Cln1[c]ccn1. The van der Waals surface area contributed by atoms with Crippen LogP contribution in [-0.4, -0.2) is 9.30 Å². The van der Waals surface area contributed by atoms with Crippen LogP contribution < -0.4 is 0 Å². The molecular formula is C3H2ClN2. The van der Waals surface area contributed by atoms with Crippen LogP contribution in [0, 0.1) is 6.20 Å². The maximum Gasteiger partial charge on any atom is 0.107 e. The van der Waals surface area contributed by atoms with Crippen LogP contribution in [0.4, 0.5) is 0 Å². The first-order valence-corrected chi connectivity index (χ1v) is 1.81. The molecule has 0 aromatic carbocycles. The van der Waals surface area contributed by atoms with Gasteiger partial charge in [-0.2, -0.15) is 9.30 Å². The van der Waals surface area contributed by atoms with E-state index < -0.39 is 0 Å². The Morgan fingerprint density at radius 3 is 2.83 bits per heavy atom. The average Bonchev–Trinajstić information content (AvgIpc) is 1.86. The summed E-state index contributed by atoms with van der Waals surface area (Å²) in [6.45, 7) is 0. The Kier molecular flexibility index (Phi) is 0.801. The van der Waals surface area contributed by atoms with Gasteiger partial charge in [0.2, 0.25) is 0 Å². The normalized spacial score (nSPS) is 8.83.